The fourth-order valence-electron chi connectivity index (χ4n) is 0.984. The molecule has 1 rings (SSSR count). The second-order valence-electron chi connectivity index (χ2n) is 2.98. The highest BCUT2D eigenvalue weighted by Crippen LogP contribution is 2.31. The molecule has 0 fully saturated rings. The van der Waals surface area contributed by atoms with Crippen molar-refractivity contribution in [3.8, 4) is 0 Å². The molecule has 8 heteroatoms. The van der Waals surface area contributed by atoms with E-state index in [1.54, 1.807) is 0 Å². The molecule has 1 atom stereocenters. The van der Waals surface area contributed by atoms with Crippen molar-refractivity contribution >= 4 is 33.3 Å². The van der Waals surface area contributed by atoms with Crippen LogP contribution in [0.4, 0.5) is 11.4 Å². The quantitative estimate of drug-likeness (QED) is 0.645. The SMILES string of the molecule is CC(Nc1c(Br)cncc1[N+](=O)[O-])C(=O)O. The average Bonchev–Trinajstić information content (AvgIpc) is 2.20. The Labute approximate surface area is 98.8 Å². The molecule has 1 unspecified atom stereocenters. The predicted octanol–water partition coefficient (Wildman–Crippen LogP) is 1.64. The topological polar surface area (TPSA) is 105 Å². The molecule has 0 saturated carbocycles. The average molecular weight is 290 g/mol. The maximum atomic E-state index is 10.7. The van der Waals surface area contributed by atoms with Crippen LogP contribution in [0.1, 0.15) is 6.92 Å². The van der Waals surface area contributed by atoms with Crippen molar-refractivity contribution < 1.29 is 14.8 Å². The molecule has 0 aliphatic heterocycles. The third-order valence-corrected chi connectivity index (χ3v) is 2.41. The van der Waals surface area contributed by atoms with Gasteiger partial charge in [-0.2, -0.15) is 0 Å². The van der Waals surface area contributed by atoms with E-state index in [1.165, 1.54) is 13.1 Å². The van der Waals surface area contributed by atoms with Gasteiger partial charge in [0.1, 0.15) is 17.9 Å². The minimum absolute atomic E-state index is 0.106. The molecule has 86 valence electrons. The number of carbonyl (C=O) groups is 1. The van der Waals surface area contributed by atoms with Crippen molar-refractivity contribution in [3.05, 3.63) is 27.0 Å². The molecule has 0 spiro atoms. The highest BCUT2D eigenvalue weighted by Gasteiger charge is 2.21. The smallest absolute Gasteiger partial charge is 0.325 e. The fraction of sp³-hybridized carbons (Fsp3) is 0.250. The number of hydrogen-bond acceptors (Lipinski definition) is 5. The molecule has 7 nitrogen and oxygen atoms in total. The number of anilines is 1. The summed E-state index contributed by atoms with van der Waals surface area (Å²) in [5.74, 6) is -1.10. The number of carboxylic acids is 1. The van der Waals surface area contributed by atoms with Crippen molar-refractivity contribution in [3.63, 3.8) is 0 Å². The van der Waals surface area contributed by atoms with Gasteiger partial charge in [0, 0.05) is 6.20 Å². The Bertz CT molecular complexity index is 437. The number of hydrogen-bond donors (Lipinski definition) is 2. The van der Waals surface area contributed by atoms with Crippen LogP contribution in [0.25, 0.3) is 0 Å². The standard InChI is InChI=1S/C8H8BrN3O4/c1-4(8(13)14)11-7-5(9)2-10-3-6(7)12(15)16/h2-4H,1H3,(H,10,11)(H,13,14). The van der Waals surface area contributed by atoms with Gasteiger partial charge < -0.3 is 10.4 Å². The Morgan fingerprint density at radius 2 is 2.31 bits per heavy atom. The normalized spacial score (nSPS) is 11.9. The van der Waals surface area contributed by atoms with Crippen LogP contribution in [0.3, 0.4) is 0 Å². The van der Waals surface area contributed by atoms with Crippen LogP contribution in [0.5, 0.6) is 0 Å². The molecule has 0 amide bonds. The maximum absolute atomic E-state index is 10.7. The van der Waals surface area contributed by atoms with Crippen LogP contribution in [0.2, 0.25) is 0 Å². The van der Waals surface area contributed by atoms with Gasteiger partial charge in [-0.05, 0) is 22.9 Å². The number of nitro groups is 1. The molecule has 1 heterocycles. The van der Waals surface area contributed by atoms with Gasteiger partial charge in [0.25, 0.3) is 0 Å². The molecule has 1 aromatic rings. The molecule has 0 saturated heterocycles. The molecule has 2 N–H and O–H groups in total. The Balaban J connectivity index is 3.11. The van der Waals surface area contributed by atoms with E-state index in [-0.39, 0.29) is 11.4 Å². The van der Waals surface area contributed by atoms with Crippen LogP contribution >= 0.6 is 15.9 Å². The minimum Gasteiger partial charge on any atom is -0.480 e. The first-order valence-corrected chi connectivity index (χ1v) is 5.00. The molecule has 0 aliphatic rings. The van der Waals surface area contributed by atoms with Gasteiger partial charge in [0.2, 0.25) is 0 Å². The molecular formula is C8H8BrN3O4. The Morgan fingerprint density at radius 1 is 1.69 bits per heavy atom. The summed E-state index contributed by atoms with van der Waals surface area (Å²) in [4.78, 5) is 24.3. The number of pyridine rings is 1. The van der Waals surface area contributed by atoms with Gasteiger partial charge in [-0.1, -0.05) is 0 Å². The monoisotopic (exact) mass is 289 g/mol. The second kappa shape index (κ2) is 4.88. The summed E-state index contributed by atoms with van der Waals surface area (Å²) < 4.78 is 0.342. The zero-order chi connectivity index (χ0) is 12.3. The molecular weight excluding hydrogens is 282 g/mol. The van der Waals surface area contributed by atoms with E-state index in [9.17, 15) is 14.9 Å². The van der Waals surface area contributed by atoms with E-state index in [0.29, 0.717) is 4.47 Å². The Morgan fingerprint density at radius 3 is 2.81 bits per heavy atom. The Kier molecular flexibility index (Phi) is 3.78. The van der Waals surface area contributed by atoms with Crippen LogP contribution in [0, 0.1) is 10.1 Å². The lowest BCUT2D eigenvalue weighted by molar-refractivity contribution is -0.384. The van der Waals surface area contributed by atoms with E-state index in [2.05, 4.69) is 26.2 Å². The zero-order valence-corrected chi connectivity index (χ0v) is 9.76. The predicted molar refractivity (Wildman–Crippen MR) is 59.3 cm³/mol. The minimum atomic E-state index is -1.10. The lowest BCUT2D eigenvalue weighted by Gasteiger charge is -2.11. The van der Waals surface area contributed by atoms with Gasteiger partial charge >= 0.3 is 11.7 Å². The van der Waals surface area contributed by atoms with Gasteiger partial charge in [0.05, 0.1) is 9.40 Å². The third kappa shape index (κ3) is 2.66. The first kappa shape index (κ1) is 12.4. The summed E-state index contributed by atoms with van der Waals surface area (Å²) in [5.41, 5.74) is -0.169. The fourth-order valence-corrected chi connectivity index (χ4v) is 1.42. The lowest BCUT2D eigenvalue weighted by atomic mass is 10.3. The van der Waals surface area contributed by atoms with Crippen LogP contribution in [-0.2, 0) is 4.79 Å². The van der Waals surface area contributed by atoms with Crippen molar-refractivity contribution in [2.45, 2.75) is 13.0 Å². The largest absolute Gasteiger partial charge is 0.480 e. The van der Waals surface area contributed by atoms with Gasteiger partial charge in [-0.3, -0.25) is 19.9 Å². The van der Waals surface area contributed by atoms with Gasteiger partial charge in [0.15, 0.2) is 0 Å². The summed E-state index contributed by atoms with van der Waals surface area (Å²) in [7, 11) is 0. The van der Waals surface area contributed by atoms with Gasteiger partial charge in [-0.25, -0.2) is 0 Å². The van der Waals surface area contributed by atoms with Gasteiger partial charge in [-0.15, -0.1) is 0 Å². The maximum Gasteiger partial charge on any atom is 0.325 e. The number of halogens is 1. The molecule has 0 bridgehead atoms. The van der Waals surface area contributed by atoms with E-state index in [4.69, 9.17) is 5.11 Å². The van der Waals surface area contributed by atoms with Crippen molar-refractivity contribution in [2.75, 3.05) is 5.32 Å². The highest BCUT2D eigenvalue weighted by atomic mass is 79.9. The van der Waals surface area contributed by atoms with Crippen LogP contribution in [-0.4, -0.2) is 27.0 Å². The van der Waals surface area contributed by atoms with Crippen LogP contribution < -0.4 is 5.32 Å². The summed E-state index contributed by atoms with van der Waals surface area (Å²) in [5, 5.41) is 21.9. The summed E-state index contributed by atoms with van der Waals surface area (Å²) in [6.07, 6.45) is 2.41. The summed E-state index contributed by atoms with van der Waals surface area (Å²) in [6, 6.07) is -0.933. The molecule has 0 aliphatic carbocycles. The van der Waals surface area contributed by atoms with Crippen molar-refractivity contribution in [2.24, 2.45) is 0 Å². The first-order valence-electron chi connectivity index (χ1n) is 4.20. The number of nitrogens with one attached hydrogen (secondary N) is 1. The van der Waals surface area contributed by atoms with E-state index < -0.39 is 16.9 Å². The lowest BCUT2D eigenvalue weighted by Crippen LogP contribution is -2.26. The van der Waals surface area contributed by atoms with E-state index in [1.807, 2.05) is 0 Å². The summed E-state index contributed by atoms with van der Waals surface area (Å²) in [6.45, 7) is 1.39. The molecule has 0 radical (unpaired) electrons. The first-order chi connectivity index (χ1) is 7.43. The number of carboxylic acid groups (broad SMARTS) is 1. The molecule has 1 aromatic heterocycles. The number of aromatic nitrogens is 1. The van der Waals surface area contributed by atoms with E-state index in [0.717, 1.165) is 6.20 Å². The van der Waals surface area contributed by atoms with Crippen molar-refractivity contribution in [1.29, 1.82) is 0 Å². The number of nitrogens with zero attached hydrogens (tertiary/aromatic N) is 2. The number of rotatable bonds is 4. The third-order valence-electron chi connectivity index (χ3n) is 1.81. The Hall–Kier alpha value is -1.70. The van der Waals surface area contributed by atoms with Crippen LogP contribution in [0.15, 0.2) is 16.9 Å². The van der Waals surface area contributed by atoms with E-state index >= 15 is 0 Å². The highest BCUT2D eigenvalue weighted by molar-refractivity contribution is 9.10. The molecule has 16 heavy (non-hydrogen) atoms. The van der Waals surface area contributed by atoms with Crippen molar-refractivity contribution in [1.82, 2.24) is 4.98 Å². The number of aliphatic carboxylic acids is 1. The molecule has 0 aromatic carbocycles. The zero-order valence-electron chi connectivity index (χ0n) is 8.18. The summed E-state index contributed by atoms with van der Waals surface area (Å²) >= 11 is 3.07. The second-order valence-corrected chi connectivity index (χ2v) is 3.83.